The summed E-state index contributed by atoms with van der Waals surface area (Å²) in [6.07, 6.45) is 1.63. The number of carbonyl (C=O) groups is 1. The van der Waals surface area contributed by atoms with Gasteiger partial charge in [-0.05, 0) is 31.2 Å². The Morgan fingerprint density at radius 2 is 2.04 bits per heavy atom. The van der Waals surface area contributed by atoms with E-state index in [9.17, 15) is 4.79 Å². The highest BCUT2D eigenvalue weighted by Crippen LogP contribution is 2.17. The molecule has 124 valence electrons. The Bertz CT molecular complexity index is 1030. The van der Waals surface area contributed by atoms with E-state index in [0.717, 1.165) is 22.2 Å². The van der Waals surface area contributed by atoms with E-state index in [-0.39, 0.29) is 12.5 Å². The smallest absolute Gasteiger partial charge is 0.272 e. The summed E-state index contributed by atoms with van der Waals surface area (Å²) in [5.74, 6) is 0.398. The fraction of sp³-hybridized carbons (Fsp3) is 0.111. The summed E-state index contributed by atoms with van der Waals surface area (Å²) >= 11 is 0. The lowest BCUT2D eigenvalue weighted by molar-refractivity contribution is 0.0946. The number of aromatic amines is 1. The molecule has 0 unspecified atom stereocenters. The molecule has 0 spiro atoms. The molecule has 0 saturated heterocycles. The zero-order valence-electron chi connectivity index (χ0n) is 13.6. The van der Waals surface area contributed by atoms with Crippen molar-refractivity contribution in [3.05, 3.63) is 71.9 Å². The average molecular weight is 332 g/mol. The molecule has 0 atom stereocenters. The van der Waals surface area contributed by atoms with Crippen molar-refractivity contribution in [2.24, 2.45) is 0 Å². The normalized spacial score (nSPS) is 10.9. The van der Waals surface area contributed by atoms with Crippen LogP contribution in [0.3, 0.4) is 0 Å². The average Bonchev–Trinajstić information content (AvgIpc) is 3.27. The van der Waals surface area contributed by atoms with E-state index in [1.807, 2.05) is 60.0 Å². The Labute approximate surface area is 143 Å². The molecule has 4 aromatic rings. The van der Waals surface area contributed by atoms with Crippen LogP contribution in [-0.2, 0) is 6.54 Å². The number of H-pyrrole nitrogens is 1. The van der Waals surface area contributed by atoms with E-state index in [1.54, 1.807) is 6.33 Å². The van der Waals surface area contributed by atoms with Gasteiger partial charge in [0, 0.05) is 11.1 Å². The topological polar surface area (TPSA) is 88.5 Å². The minimum absolute atomic E-state index is 0.250. The summed E-state index contributed by atoms with van der Waals surface area (Å²) in [5, 5.41) is 18.7. The van der Waals surface area contributed by atoms with Gasteiger partial charge in [0.2, 0.25) is 0 Å². The van der Waals surface area contributed by atoms with Crippen LogP contribution in [0.1, 0.15) is 21.9 Å². The van der Waals surface area contributed by atoms with E-state index in [0.29, 0.717) is 11.5 Å². The van der Waals surface area contributed by atoms with E-state index in [1.165, 1.54) is 0 Å². The molecule has 0 aliphatic heterocycles. The van der Waals surface area contributed by atoms with Gasteiger partial charge in [0.1, 0.15) is 6.33 Å². The van der Waals surface area contributed by atoms with E-state index >= 15 is 0 Å². The third kappa shape index (κ3) is 2.87. The number of amides is 1. The highest BCUT2D eigenvalue weighted by atomic mass is 16.1. The Kier molecular flexibility index (Phi) is 3.74. The summed E-state index contributed by atoms with van der Waals surface area (Å²) in [7, 11) is 0. The maximum absolute atomic E-state index is 12.5. The SMILES string of the molecule is Cc1ccc2[nH]nc(C(=O)NCc3nncn3-c3ccccc3)c2c1. The first kappa shape index (κ1) is 15.1. The fourth-order valence-corrected chi connectivity index (χ4v) is 2.73. The second kappa shape index (κ2) is 6.20. The van der Waals surface area contributed by atoms with Crippen molar-refractivity contribution >= 4 is 16.8 Å². The van der Waals surface area contributed by atoms with Gasteiger partial charge in [0.25, 0.3) is 5.91 Å². The number of benzene rings is 2. The first-order valence-corrected chi connectivity index (χ1v) is 7.89. The Hall–Kier alpha value is -3.48. The number of nitrogens with zero attached hydrogens (tertiary/aromatic N) is 4. The quantitative estimate of drug-likeness (QED) is 0.600. The first-order chi connectivity index (χ1) is 12.2. The molecule has 2 aromatic carbocycles. The van der Waals surface area contributed by atoms with Gasteiger partial charge in [-0.1, -0.05) is 29.8 Å². The first-order valence-electron chi connectivity index (χ1n) is 7.89. The van der Waals surface area contributed by atoms with Crippen molar-refractivity contribution in [3.63, 3.8) is 0 Å². The minimum Gasteiger partial charge on any atom is -0.343 e. The van der Waals surface area contributed by atoms with Crippen LogP contribution in [0.2, 0.25) is 0 Å². The number of carbonyl (C=O) groups excluding carboxylic acids is 1. The van der Waals surface area contributed by atoms with Gasteiger partial charge < -0.3 is 5.32 Å². The van der Waals surface area contributed by atoms with Crippen molar-refractivity contribution in [2.75, 3.05) is 0 Å². The van der Waals surface area contributed by atoms with Crippen LogP contribution in [0.25, 0.3) is 16.6 Å². The zero-order chi connectivity index (χ0) is 17.2. The molecule has 7 heteroatoms. The van der Waals surface area contributed by atoms with E-state index in [2.05, 4.69) is 25.7 Å². The van der Waals surface area contributed by atoms with Crippen LogP contribution < -0.4 is 5.32 Å². The van der Waals surface area contributed by atoms with Crippen LogP contribution in [-0.4, -0.2) is 30.9 Å². The predicted octanol–water partition coefficient (Wildman–Crippen LogP) is 2.38. The highest BCUT2D eigenvalue weighted by Gasteiger charge is 2.15. The standard InChI is InChI=1S/C18H16N6O/c1-12-7-8-15-14(9-12)17(23-21-15)18(25)19-10-16-22-20-11-24(16)13-5-3-2-4-6-13/h2-9,11H,10H2,1H3,(H,19,25)(H,21,23). The fourth-order valence-electron chi connectivity index (χ4n) is 2.73. The largest absolute Gasteiger partial charge is 0.343 e. The molecule has 7 nitrogen and oxygen atoms in total. The number of aryl methyl sites for hydroxylation is 1. The number of fused-ring (bicyclic) bond motifs is 1. The lowest BCUT2D eigenvalue weighted by Crippen LogP contribution is -2.25. The second-order valence-electron chi connectivity index (χ2n) is 5.76. The third-order valence-electron chi connectivity index (χ3n) is 3.99. The van der Waals surface area contributed by atoms with Crippen LogP contribution in [0.5, 0.6) is 0 Å². The number of rotatable bonds is 4. The summed E-state index contributed by atoms with van der Waals surface area (Å²) in [4.78, 5) is 12.5. The van der Waals surface area contributed by atoms with Gasteiger partial charge in [0.15, 0.2) is 11.5 Å². The van der Waals surface area contributed by atoms with Crippen molar-refractivity contribution in [2.45, 2.75) is 13.5 Å². The molecule has 0 fully saturated rings. The van der Waals surface area contributed by atoms with Crippen molar-refractivity contribution < 1.29 is 4.79 Å². The van der Waals surface area contributed by atoms with E-state index < -0.39 is 0 Å². The number of hydrogen-bond donors (Lipinski definition) is 2. The number of nitrogens with one attached hydrogen (secondary N) is 2. The van der Waals surface area contributed by atoms with Crippen molar-refractivity contribution in [1.82, 2.24) is 30.3 Å². The lowest BCUT2D eigenvalue weighted by Gasteiger charge is -2.07. The minimum atomic E-state index is -0.250. The van der Waals surface area contributed by atoms with Gasteiger partial charge in [0.05, 0.1) is 12.1 Å². The maximum atomic E-state index is 12.5. The molecule has 2 N–H and O–H groups in total. The Morgan fingerprint density at radius 1 is 1.20 bits per heavy atom. The molecule has 0 saturated carbocycles. The van der Waals surface area contributed by atoms with Gasteiger partial charge in [-0.3, -0.25) is 14.5 Å². The maximum Gasteiger partial charge on any atom is 0.272 e. The number of para-hydroxylation sites is 1. The molecule has 2 heterocycles. The molecule has 1 amide bonds. The molecule has 4 rings (SSSR count). The molecule has 25 heavy (non-hydrogen) atoms. The van der Waals surface area contributed by atoms with Crippen molar-refractivity contribution in [1.29, 1.82) is 0 Å². The van der Waals surface area contributed by atoms with Crippen LogP contribution in [0.15, 0.2) is 54.9 Å². The van der Waals surface area contributed by atoms with Crippen LogP contribution in [0, 0.1) is 6.92 Å². The third-order valence-corrected chi connectivity index (χ3v) is 3.99. The summed E-state index contributed by atoms with van der Waals surface area (Å²) in [6.45, 7) is 2.24. The molecule has 0 bridgehead atoms. The zero-order valence-corrected chi connectivity index (χ0v) is 13.6. The van der Waals surface area contributed by atoms with Crippen molar-refractivity contribution in [3.8, 4) is 5.69 Å². The Morgan fingerprint density at radius 3 is 2.88 bits per heavy atom. The summed E-state index contributed by atoms with van der Waals surface area (Å²) in [6, 6.07) is 15.6. The predicted molar refractivity (Wildman–Crippen MR) is 93.4 cm³/mol. The van der Waals surface area contributed by atoms with E-state index in [4.69, 9.17) is 0 Å². The number of aromatic nitrogens is 5. The molecule has 2 aromatic heterocycles. The summed E-state index contributed by atoms with van der Waals surface area (Å²) < 4.78 is 1.84. The summed E-state index contributed by atoms with van der Waals surface area (Å²) in [5.41, 5.74) is 3.23. The van der Waals surface area contributed by atoms with Crippen LogP contribution in [0.4, 0.5) is 0 Å². The highest BCUT2D eigenvalue weighted by molar-refractivity contribution is 6.04. The Balaban J connectivity index is 1.55. The molecule has 0 radical (unpaired) electrons. The second-order valence-corrected chi connectivity index (χ2v) is 5.76. The van der Waals surface area contributed by atoms with Gasteiger partial charge in [-0.15, -0.1) is 10.2 Å². The van der Waals surface area contributed by atoms with Gasteiger partial charge in [-0.2, -0.15) is 5.10 Å². The van der Waals surface area contributed by atoms with Gasteiger partial charge in [-0.25, -0.2) is 0 Å². The molecular formula is C18H16N6O. The van der Waals surface area contributed by atoms with Gasteiger partial charge >= 0.3 is 0 Å². The number of hydrogen-bond acceptors (Lipinski definition) is 4. The molecule has 0 aliphatic carbocycles. The lowest BCUT2D eigenvalue weighted by atomic mass is 10.1. The monoisotopic (exact) mass is 332 g/mol. The molecule has 0 aliphatic rings. The van der Waals surface area contributed by atoms with Crippen LogP contribution >= 0.6 is 0 Å². The molecular weight excluding hydrogens is 316 g/mol.